The highest BCUT2D eigenvalue weighted by atomic mass is 79.9. The second kappa shape index (κ2) is 8.20. The van der Waals surface area contributed by atoms with E-state index < -0.39 is 6.80 Å². The SMILES string of the molecule is CCOP(=O)(Oc1cc(CBr)ccc1OC)SCC. The predicted octanol–water partition coefficient (Wildman–Crippen LogP) is 4.87. The van der Waals surface area contributed by atoms with Gasteiger partial charge in [0.2, 0.25) is 0 Å². The molecule has 0 aliphatic carbocycles. The summed E-state index contributed by atoms with van der Waals surface area (Å²) in [4.78, 5) is 0. The summed E-state index contributed by atoms with van der Waals surface area (Å²) < 4.78 is 28.6. The van der Waals surface area contributed by atoms with E-state index in [-0.39, 0.29) is 0 Å². The normalized spacial score (nSPS) is 13.9. The number of methoxy groups -OCH3 is 1. The monoisotopic (exact) mass is 368 g/mol. The van der Waals surface area contributed by atoms with Gasteiger partial charge in [0, 0.05) is 11.1 Å². The van der Waals surface area contributed by atoms with E-state index >= 15 is 0 Å². The summed E-state index contributed by atoms with van der Waals surface area (Å²) in [5, 5.41) is 0.688. The molecule has 0 radical (unpaired) electrons. The molecule has 1 aromatic carbocycles. The molecule has 0 amide bonds. The summed E-state index contributed by atoms with van der Waals surface area (Å²) in [6.45, 7) is 0.846. The van der Waals surface area contributed by atoms with Gasteiger partial charge < -0.3 is 9.26 Å². The van der Waals surface area contributed by atoms with E-state index in [2.05, 4.69) is 15.9 Å². The number of hydrogen-bond donors (Lipinski definition) is 0. The lowest BCUT2D eigenvalue weighted by molar-refractivity contribution is 0.291. The van der Waals surface area contributed by atoms with Crippen LogP contribution in [0.2, 0.25) is 0 Å². The maximum Gasteiger partial charge on any atom is 0.440 e. The summed E-state index contributed by atoms with van der Waals surface area (Å²) >= 11 is 4.55. The van der Waals surface area contributed by atoms with Gasteiger partial charge >= 0.3 is 6.80 Å². The molecule has 7 heteroatoms. The fraction of sp³-hybridized carbons (Fsp3) is 0.500. The second-order valence-electron chi connectivity index (χ2n) is 3.49. The van der Waals surface area contributed by atoms with Gasteiger partial charge in [-0.2, -0.15) is 0 Å². The van der Waals surface area contributed by atoms with Crippen molar-refractivity contribution in [2.75, 3.05) is 19.5 Å². The molecule has 0 saturated heterocycles. The summed E-state index contributed by atoms with van der Waals surface area (Å²) in [5.74, 6) is 1.64. The number of halogens is 1. The van der Waals surface area contributed by atoms with Crippen molar-refractivity contribution in [2.24, 2.45) is 0 Å². The van der Waals surface area contributed by atoms with Crippen LogP contribution in [-0.2, 0) is 14.4 Å². The van der Waals surface area contributed by atoms with Crippen LogP contribution in [0.4, 0.5) is 0 Å². The van der Waals surface area contributed by atoms with Crippen molar-refractivity contribution in [3.05, 3.63) is 23.8 Å². The van der Waals surface area contributed by atoms with E-state index in [0.717, 1.165) is 5.56 Å². The van der Waals surface area contributed by atoms with Gasteiger partial charge in [-0.25, -0.2) is 4.57 Å². The molecule has 0 spiro atoms. The minimum atomic E-state index is -3.19. The topological polar surface area (TPSA) is 44.8 Å². The number of alkyl halides is 1. The van der Waals surface area contributed by atoms with Crippen LogP contribution < -0.4 is 9.26 Å². The number of hydrogen-bond acceptors (Lipinski definition) is 5. The molecule has 19 heavy (non-hydrogen) atoms. The van der Waals surface area contributed by atoms with E-state index in [4.69, 9.17) is 13.8 Å². The largest absolute Gasteiger partial charge is 0.493 e. The van der Waals surface area contributed by atoms with E-state index in [0.29, 0.717) is 29.2 Å². The summed E-state index contributed by atoms with van der Waals surface area (Å²) in [6.07, 6.45) is 0. The second-order valence-corrected chi connectivity index (χ2v) is 8.34. The van der Waals surface area contributed by atoms with E-state index in [1.165, 1.54) is 11.4 Å². The van der Waals surface area contributed by atoms with Crippen LogP contribution in [0, 0.1) is 0 Å². The van der Waals surface area contributed by atoms with E-state index in [1.54, 1.807) is 26.2 Å². The summed E-state index contributed by atoms with van der Waals surface area (Å²) in [7, 11) is 1.55. The lowest BCUT2D eigenvalue weighted by Crippen LogP contribution is -1.98. The maximum atomic E-state index is 12.5. The van der Waals surface area contributed by atoms with E-state index in [1.807, 2.05) is 13.0 Å². The van der Waals surface area contributed by atoms with Crippen LogP contribution in [0.25, 0.3) is 0 Å². The van der Waals surface area contributed by atoms with Gasteiger partial charge in [0.05, 0.1) is 13.7 Å². The zero-order chi connectivity index (χ0) is 14.3. The Morgan fingerprint density at radius 2 is 2.05 bits per heavy atom. The van der Waals surface area contributed by atoms with Crippen LogP contribution in [-0.4, -0.2) is 19.5 Å². The Labute approximate surface area is 126 Å². The lowest BCUT2D eigenvalue weighted by Gasteiger charge is -2.19. The van der Waals surface area contributed by atoms with Crippen LogP contribution >= 0.6 is 34.1 Å². The van der Waals surface area contributed by atoms with Crippen LogP contribution in [0.1, 0.15) is 19.4 Å². The minimum absolute atomic E-state index is 0.338. The Kier molecular flexibility index (Phi) is 7.29. The standard InChI is InChI=1S/C12H18BrO4PS/c1-4-16-18(14,19-5-2)17-12-8-10(9-13)6-7-11(12)15-3/h6-8H,4-5,9H2,1-3H3. The lowest BCUT2D eigenvalue weighted by atomic mass is 10.2. The van der Waals surface area contributed by atoms with Crippen molar-refractivity contribution in [1.29, 1.82) is 0 Å². The van der Waals surface area contributed by atoms with Crippen LogP contribution in [0.3, 0.4) is 0 Å². The Hall–Kier alpha value is -0.160. The molecule has 0 saturated carbocycles. The van der Waals surface area contributed by atoms with Crippen LogP contribution in [0.5, 0.6) is 11.5 Å². The smallest absolute Gasteiger partial charge is 0.440 e. The molecule has 1 rings (SSSR count). The summed E-state index contributed by atoms with van der Waals surface area (Å²) in [6, 6.07) is 5.51. The molecule has 0 aromatic heterocycles. The zero-order valence-electron chi connectivity index (χ0n) is 11.2. The predicted molar refractivity (Wildman–Crippen MR) is 83.6 cm³/mol. The first-order chi connectivity index (χ1) is 9.08. The van der Waals surface area contributed by atoms with Crippen molar-refractivity contribution in [2.45, 2.75) is 19.2 Å². The third kappa shape index (κ3) is 5.03. The van der Waals surface area contributed by atoms with Gasteiger partial charge in [0.1, 0.15) is 0 Å². The molecule has 1 unspecified atom stereocenters. The first kappa shape index (κ1) is 16.9. The van der Waals surface area contributed by atoms with Crippen molar-refractivity contribution in [3.8, 4) is 11.5 Å². The number of rotatable bonds is 8. The molecule has 108 valence electrons. The Bertz CT molecular complexity index is 445. The average Bonchev–Trinajstić information content (AvgIpc) is 2.39. The van der Waals surface area contributed by atoms with Crippen molar-refractivity contribution in [3.63, 3.8) is 0 Å². The molecular formula is C12H18BrO4PS. The quantitative estimate of drug-likeness (QED) is 0.483. The van der Waals surface area contributed by atoms with Crippen molar-refractivity contribution >= 4 is 34.1 Å². The third-order valence-corrected chi connectivity index (χ3v) is 6.65. The molecular weight excluding hydrogens is 351 g/mol. The molecule has 0 bridgehead atoms. The molecule has 0 heterocycles. The van der Waals surface area contributed by atoms with Crippen LogP contribution in [0.15, 0.2) is 18.2 Å². The first-order valence-corrected chi connectivity index (χ1v) is 10.2. The fourth-order valence-corrected chi connectivity index (χ4v) is 4.83. The Morgan fingerprint density at radius 3 is 2.58 bits per heavy atom. The molecule has 0 aliphatic rings. The van der Waals surface area contributed by atoms with E-state index in [9.17, 15) is 4.57 Å². The zero-order valence-corrected chi connectivity index (χ0v) is 14.5. The maximum absolute atomic E-state index is 12.5. The van der Waals surface area contributed by atoms with Crippen molar-refractivity contribution in [1.82, 2.24) is 0 Å². The minimum Gasteiger partial charge on any atom is -0.493 e. The average molecular weight is 369 g/mol. The highest BCUT2D eigenvalue weighted by Crippen LogP contribution is 2.60. The third-order valence-electron chi connectivity index (χ3n) is 2.17. The van der Waals surface area contributed by atoms with Gasteiger partial charge in [0.15, 0.2) is 11.5 Å². The first-order valence-electron chi connectivity index (χ1n) is 5.90. The Balaban J connectivity index is 3.03. The van der Waals surface area contributed by atoms with Gasteiger partial charge in [-0.3, -0.25) is 4.52 Å². The molecule has 0 N–H and O–H groups in total. The van der Waals surface area contributed by atoms with Gasteiger partial charge in [0.25, 0.3) is 0 Å². The highest BCUT2D eigenvalue weighted by Gasteiger charge is 2.27. The van der Waals surface area contributed by atoms with Gasteiger partial charge in [-0.15, -0.1) is 0 Å². The molecule has 0 aliphatic heterocycles. The van der Waals surface area contributed by atoms with Gasteiger partial charge in [-0.1, -0.05) is 28.9 Å². The Morgan fingerprint density at radius 1 is 1.32 bits per heavy atom. The number of benzene rings is 1. The number of ether oxygens (including phenoxy) is 1. The molecule has 1 aromatic rings. The fourth-order valence-electron chi connectivity index (χ4n) is 1.40. The molecule has 0 fully saturated rings. The molecule has 1 atom stereocenters. The molecule has 4 nitrogen and oxygen atoms in total. The highest BCUT2D eigenvalue weighted by molar-refractivity contribution is 9.08. The van der Waals surface area contributed by atoms with Gasteiger partial charge in [-0.05, 0) is 36.0 Å². The summed E-state index contributed by atoms with van der Waals surface area (Å²) in [5.41, 5.74) is 1.01. The van der Waals surface area contributed by atoms with Crippen molar-refractivity contribution < 1.29 is 18.3 Å².